The summed E-state index contributed by atoms with van der Waals surface area (Å²) in [5.41, 5.74) is 1.86. The van der Waals surface area contributed by atoms with Gasteiger partial charge in [-0.05, 0) is 31.4 Å². The van der Waals surface area contributed by atoms with Crippen LogP contribution >= 0.6 is 0 Å². The molecule has 0 unspecified atom stereocenters. The molecule has 1 aliphatic rings. The molecular weight excluding hydrogens is 250 g/mol. The van der Waals surface area contributed by atoms with E-state index in [-0.39, 0.29) is 6.03 Å². The minimum Gasteiger partial charge on any atom is -0.325 e. The topological polar surface area (TPSA) is 45.2 Å². The van der Waals surface area contributed by atoms with Crippen molar-refractivity contribution < 1.29 is 4.79 Å². The van der Waals surface area contributed by atoms with Crippen molar-refractivity contribution in [3.8, 4) is 0 Å². The van der Waals surface area contributed by atoms with Gasteiger partial charge in [0.2, 0.25) is 0 Å². The van der Waals surface area contributed by atoms with Crippen LogP contribution in [0.4, 0.5) is 10.5 Å². The van der Waals surface area contributed by atoms with Gasteiger partial charge in [-0.1, -0.05) is 32.1 Å². The number of amides is 2. The van der Waals surface area contributed by atoms with E-state index in [9.17, 15) is 4.79 Å². The Labute approximate surface area is 121 Å². The van der Waals surface area contributed by atoms with E-state index in [1.54, 1.807) is 12.4 Å². The van der Waals surface area contributed by atoms with Crippen LogP contribution in [0.15, 0.2) is 18.5 Å². The molecule has 1 fully saturated rings. The van der Waals surface area contributed by atoms with Gasteiger partial charge >= 0.3 is 6.03 Å². The third-order valence-corrected chi connectivity index (χ3v) is 3.91. The molecule has 0 spiro atoms. The highest BCUT2D eigenvalue weighted by Crippen LogP contribution is 2.15. The molecule has 0 aromatic carbocycles. The Morgan fingerprint density at radius 3 is 2.30 bits per heavy atom. The molecule has 0 radical (unpaired) electrons. The van der Waals surface area contributed by atoms with E-state index in [0.29, 0.717) is 0 Å². The maximum Gasteiger partial charge on any atom is 0.321 e. The molecule has 2 heterocycles. The van der Waals surface area contributed by atoms with Gasteiger partial charge in [-0.2, -0.15) is 0 Å². The predicted molar refractivity (Wildman–Crippen MR) is 81.9 cm³/mol. The molecule has 0 aliphatic carbocycles. The van der Waals surface area contributed by atoms with Crippen LogP contribution in [0.5, 0.6) is 0 Å². The summed E-state index contributed by atoms with van der Waals surface area (Å²) in [6.45, 7) is 3.71. The SMILES string of the molecule is Cc1cnccc1NC(=O)N1CCCCCCCCC1. The first-order valence-corrected chi connectivity index (χ1v) is 7.74. The Hall–Kier alpha value is -1.58. The van der Waals surface area contributed by atoms with Gasteiger partial charge in [0.05, 0.1) is 0 Å². The van der Waals surface area contributed by atoms with Crippen molar-refractivity contribution in [3.63, 3.8) is 0 Å². The number of nitrogens with zero attached hydrogens (tertiary/aromatic N) is 2. The molecule has 0 bridgehead atoms. The second kappa shape index (κ2) is 7.88. The third kappa shape index (κ3) is 4.51. The van der Waals surface area contributed by atoms with Crippen LogP contribution in [-0.4, -0.2) is 29.0 Å². The molecule has 1 aromatic heterocycles. The number of hydrogen-bond donors (Lipinski definition) is 1. The second-order valence-electron chi connectivity index (χ2n) is 5.58. The largest absolute Gasteiger partial charge is 0.325 e. The van der Waals surface area contributed by atoms with Crippen LogP contribution in [0.3, 0.4) is 0 Å². The number of hydrogen-bond acceptors (Lipinski definition) is 2. The molecule has 2 rings (SSSR count). The fourth-order valence-corrected chi connectivity index (χ4v) is 2.61. The average molecular weight is 275 g/mol. The van der Waals surface area contributed by atoms with E-state index >= 15 is 0 Å². The fourth-order valence-electron chi connectivity index (χ4n) is 2.61. The van der Waals surface area contributed by atoms with Gasteiger partial charge in [-0.15, -0.1) is 0 Å². The van der Waals surface area contributed by atoms with Crippen molar-refractivity contribution in [2.45, 2.75) is 51.9 Å². The van der Waals surface area contributed by atoms with E-state index in [1.165, 1.54) is 32.1 Å². The number of urea groups is 1. The Morgan fingerprint density at radius 2 is 1.70 bits per heavy atom. The van der Waals surface area contributed by atoms with E-state index in [0.717, 1.165) is 37.2 Å². The van der Waals surface area contributed by atoms with Gasteiger partial charge in [-0.25, -0.2) is 4.79 Å². The quantitative estimate of drug-likeness (QED) is 0.843. The smallest absolute Gasteiger partial charge is 0.321 e. The van der Waals surface area contributed by atoms with Crippen molar-refractivity contribution in [2.24, 2.45) is 0 Å². The molecule has 2 amide bonds. The van der Waals surface area contributed by atoms with E-state index in [2.05, 4.69) is 10.3 Å². The van der Waals surface area contributed by atoms with Crippen molar-refractivity contribution in [1.82, 2.24) is 9.88 Å². The number of aromatic nitrogens is 1. The zero-order chi connectivity index (χ0) is 14.2. The van der Waals surface area contributed by atoms with Crippen LogP contribution in [-0.2, 0) is 0 Å². The van der Waals surface area contributed by atoms with E-state index in [1.807, 2.05) is 17.9 Å². The summed E-state index contributed by atoms with van der Waals surface area (Å²) in [6, 6.07) is 1.88. The zero-order valence-corrected chi connectivity index (χ0v) is 12.4. The van der Waals surface area contributed by atoms with Crippen LogP contribution in [0.2, 0.25) is 0 Å². The monoisotopic (exact) mass is 275 g/mol. The number of carbonyl (C=O) groups is 1. The van der Waals surface area contributed by atoms with Crippen molar-refractivity contribution in [3.05, 3.63) is 24.0 Å². The number of aryl methyl sites for hydroxylation is 1. The molecule has 4 nitrogen and oxygen atoms in total. The zero-order valence-electron chi connectivity index (χ0n) is 12.4. The van der Waals surface area contributed by atoms with Crippen LogP contribution in [0, 0.1) is 6.92 Å². The number of rotatable bonds is 1. The van der Waals surface area contributed by atoms with Gasteiger partial charge in [0.1, 0.15) is 0 Å². The van der Waals surface area contributed by atoms with Gasteiger partial charge in [0.25, 0.3) is 0 Å². The van der Waals surface area contributed by atoms with Gasteiger partial charge in [0.15, 0.2) is 0 Å². The summed E-state index contributed by atoms with van der Waals surface area (Å²) in [6.07, 6.45) is 12.1. The highest BCUT2D eigenvalue weighted by atomic mass is 16.2. The number of anilines is 1. The minimum absolute atomic E-state index is 0.0277. The molecule has 1 saturated heterocycles. The Bertz CT molecular complexity index is 423. The fraction of sp³-hybridized carbons (Fsp3) is 0.625. The lowest BCUT2D eigenvalue weighted by molar-refractivity contribution is 0.208. The molecule has 0 saturated carbocycles. The Morgan fingerprint density at radius 1 is 1.10 bits per heavy atom. The predicted octanol–water partition coefficient (Wildman–Crippen LogP) is 3.97. The standard InChI is InChI=1S/C16H25N3O/c1-14-13-17-10-9-15(14)18-16(20)19-11-7-5-3-2-4-6-8-12-19/h9-10,13H,2-8,11-12H2,1H3,(H,17,18,20). The van der Waals surface area contributed by atoms with Crippen LogP contribution in [0.1, 0.15) is 50.5 Å². The van der Waals surface area contributed by atoms with E-state index < -0.39 is 0 Å². The number of nitrogens with one attached hydrogen (secondary N) is 1. The molecule has 1 aliphatic heterocycles. The summed E-state index contributed by atoms with van der Waals surface area (Å²) >= 11 is 0. The Balaban J connectivity index is 1.93. The number of carbonyl (C=O) groups excluding carboxylic acids is 1. The normalized spacial score (nSPS) is 17.6. The van der Waals surface area contributed by atoms with Gasteiger partial charge < -0.3 is 10.2 Å². The summed E-state index contributed by atoms with van der Waals surface area (Å²) in [5, 5.41) is 3.01. The first kappa shape index (κ1) is 14.8. The molecule has 1 N–H and O–H groups in total. The third-order valence-electron chi connectivity index (χ3n) is 3.91. The average Bonchev–Trinajstić information content (AvgIpc) is 2.47. The Kier molecular flexibility index (Phi) is 5.84. The highest BCUT2D eigenvalue weighted by molar-refractivity contribution is 5.90. The summed E-state index contributed by atoms with van der Waals surface area (Å²) < 4.78 is 0. The van der Waals surface area contributed by atoms with Gasteiger partial charge in [-0.3, -0.25) is 4.98 Å². The second-order valence-corrected chi connectivity index (χ2v) is 5.58. The van der Waals surface area contributed by atoms with Crippen LogP contribution < -0.4 is 5.32 Å². The molecule has 1 aromatic rings. The lowest BCUT2D eigenvalue weighted by atomic mass is 10.1. The summed E-state index contributed by atoms with van der Waals surface area (Å²) in [5.74, 6) is 0. The molecule has 0 atom stereocenters. The first-order valence-electron chi connectivity index (χ1n) is 7.74. The lowest BCUT2D eigenvalue weighted by Crippen LogP contribution is -2.36. The van der Waals surface area contributed by atoms with Crippen molar-refractivity contribution in [1.29, 1.82) is 0 Å². The van der Waals surface area contributed by atoms with Crippen molar-refractivity contribution in [2.75, 3.05) is 18.4 Å². The lowest BCUT2D eigenvalue weighted by Gasteiger charge is -2.24. The molecular formula is C16H25N3O. The maximum atomic E-state index is 12.4. The molecule has 4 heteroatoms. The summed E-state index contributed by atoms with van der Waals surface area (Å²) in [7, 11) is 0. The summed E-state index contributed by atoms with van der Waals surface area (Å²) in [4.78, 5) is 18.4. The number of pyridine rings is 1. The van der Waals surface area contributed by atoms with Crippen LogP contribution in [0.25, 0.3) is 0 Å². The van der Waals surface area contributed by atoms with Gasteiger partial charge in [0, 0.05) is 31.2 Å². The first-order chi connectivity index (χ1) is 9.77. The maximum absolute atomic E-state index is 12.4. The molecule has 110 valence electrons. The highest BCUT2D eigenvalue weighted by Gasteiger charge is 2.14. The van der Waals surface area contributed by atoms with Crippen molar-refractivity contribution >= 4 is 11.7 Å². The molecule has 20 heavy (non-hydrogen) atoms. The van der Waals surface area contributed by atoms with E-state index in [4.69, 9.17) is 0 Å². The minimum atomic E-state index is 0.0277.